The second kappa shape index (κ2) is 7.91. The minimum Gasteiger partial charge on any atom is -0.508 e. The largest absolute Gasteiger partial charge is 0.508 e. The highest BCUT2D eigenvalue weighted by Crippen LogP contribution is 2.54. The first kappa shape index (κ1) is 22.5. The number of carbonyl (C=O) groups is 1. The van der Waals surface area contributed by atoms with Gasteiger partial charge in [0.15, 0.2) is 0 Å². The fourth-order valence-electron chi connectivity index (χ4n) is 5.39. The van der Waals surface area contributed by atoms with E-state index in [1.165, 1.54) is 6.07 Å². The molecule has 0 bridgehead atoms. The van der Waals surface area contributed by atoms with Crippen LogP contribution in [0.5, 0.6) is 17.2 Å². The fraction of sp³-hybridized carbons (Fsp3) is 0.167. The number of hydrogen-bond donors (Lipinski definition) is 4. The summed E-state index contributed by atoms with van der Waals surface area (Å²) in [6.07, 6.45) is 0. The maximum atomic E-state index is 14.1. The van der Waals surface area contributed by atoms with Crippen molar-refractivity contribution in [3.63, 3.8) is 0 Å². The minimum absolute atomic E-state index is 0.0395. The third kappa shape index (κ3) is 3.12. The second-order valence-electron chi connectivity index (χ2n) is 9.31. The Morgan fingerprint density at radius 1 is 0.686 bits per heavy atom. The van der Waals surface area contributed by atoms with Gasteiger partial charge in [0.2, 0.25) is 5.91 Å². The average Bonchev–Trinajstić information content (AvgIpc) is 3.13. The number of nitrogens with one attached hydrogen (secondary N) is 1. The molecule has 4 N–H and O–H groups in total. The van der Waals surface area contributed by atoms with Crippen molar-refractivity contribution in [2.24, 2.45) is 0 Å². The zero-order valence-electron chi connectivity index (χ0n) is 20.1. The van der Waals surface area contributed by atoms with Crippen molar-refractivity contribution >= 4 is 11.6 Å². The molecule has 1 aliphatic rings. The number of fused-ring (bicyclic) bond motifs is 1. The van der Waals surface area contributed by atoms with Crippen molar-refractivity contribution in [3.8, 4) is 28.4 Å². The topological polar surface area (TPSA) is 89.8 Å². The van der Waals surface area contributed by atoms with Gasteiger partial charge in [-0.2, -0.15) is 0 Å². The minimum atomic E-state index is -1.36. The number of phenols is 3. The van der Waals surface area contributed by atoms with Crippen LogP contribution in [0.2, 0.25) is 0 Å². The van der Waals surface area contributed by atoms with Crippen molar-refractivity contribution in [1.82, 2.24) is 0 Å². The summed E-state index contributed by atoms with van der Waals surface area (Å²) < 4.78 is 0. The number of phenolic OH excluding ortho intramolecular Hbond substituents is 3. The molecular formula is C30H27NO4. The van der Waals surface area contributed by atoms with Gasteiger partial charge in [0.25, 0.3) is 0 Å². The van der Waals surface area contributed by atoms with Gasteiger partial charge in [-0.15, -0.1) is 0 Å². The van der Waals surface area contributed by atoms with Crippen molar-refractivity contribution < 1.29 is 20.1 Å². The quantitative estimate of drug-likeness (QED) is 0.299. The molecule has 0 unspecified atom stereocenters. The maximum Gasteiger partial charge on any atom is 0.244 e. The lowest BCUT2D eigenvalue weighted by Gasteiger charge is -2.33. The van der Waals surface area contributed by atoms with E-state index in [9.17, 15) is 20.1 Å². The van der Waals surface area contributed by atoms with Crippen molar-refractivity contribution in [3.05, 3.63) is 106 Å². The van der Waals surface area contributed by atoms with Gasteiger partial charge in [0.1, 0.15) is 22.7 Å². The van der Waals surface area contributed by atoms with Crippen molar-refractivity contribution in [1.29, 1.82) is 0 Å². The molecule has 1 heterocycles. The Morgan fingerprint density at radius 2 is 1.34 bits per heavy atom. The molecule has 0 spiro atoms. The molecule has 0 aromatic heterocycles. The second-order valence-corrected chi connectivity index (χ2v) is 9.31. The van der Waals surface area contributed by atoms with Crippen LogP contribution in [0.25, 0.3) is 11.1 Å². The van der Waals surface area contributed by atoms with Crippen LogP contribution in [0.3, 0.4) is 0 Å². The van der Waals surface area contributed by atoms with E-state index in [1.807, 2.05) is 75.4 Å². The third-order valence-electron chi connectivity index (χ3n) is 7.18. The third-order valence-corrected chi connectivity index (χ3v) is 7.18. The molecule has 0 saturated carbocycles. The fourth-order valence-corrected chi connectivity index (χ4v) is 5.39. The lowest BCUT2D eigenvalue weighted by Crippen LogP contribution is -2.38. The molecule has 4 aromatic carbocycles. The van der Waals surface area contributed by atoms with Gasteiger partial charge in [-0.25, -0.2) is 0 Å². The van der Waals surface area contributed by atoms with E-state index < -0.39 is 5.41 Å². The highest BCUT2D eigenvalue weighted by molar-refractivity contribution is 6.13. The number of anilines is 1. The summed E-state index contributed by atoms with van der Waals surface area (Å²) in [6, 6.07) is 20.3. The smallest absolute Gasteiger partial charge is 0.244 e. The Hall–Kier alpha value is -4.25. The number of hydrogen-bond acceptors (Lipinski definition) is 4. The van der Waals surface area contributed by atoms with Crippen LogP contribution >= 0.6 is 0 Å². The highest BCUT2D eigenvalue weighted by Gasteiger charge is 2.52. The van der Waals surface area contributed by atoms with Gasteiger partial charge in [0.05, 0.1) is 0 Å². The molecule has 0 saturated heterocycles. The standard InChI is InChI=1S/C30H27NO4/c1-16-8-7-10-22(26(16)20-14-17(2)27(33)18(3)15-20)30(23-12-13-25(32)19(4)28(23)34)21-9-5-6-11-24(21)31-29(30)35/h5-15,32-34H,1-4H3,(H,31,35)/t30-/m1/s1. The summed E-state index contributed by atoms with van der Waals surface area (Å²) in [5, 5.41) is 35.0. The van der Waals surface area contributed by atoms with Gasteiger partial charge >= 0.3 is 0 Å². The monoisotopic (exact) mass is 465 g/mol. The molecular weight excluding hydrogens is 438 g/mol. The zero-order valence-corrected chi connectivity index (χ0v) is 20.1. The van der Waals surface area contributed by atoms with Crippen molar-refractivity contribution in [2.75, 3.05) is 5.32 Å². The predicted octanol–water partition coefficient (Wildman–Crippen LogP) is 5.99. The molecule has 176 valence electrons. The first-order chi connectivity index (χ1) is 16.7. The Kier molecular flexibility index (Phi) is 5.09. The lowest BCUT2D eigenvalue weighted by atomic mass is 9.67. The molecule has 5 rings (SSSR count). The summed E-state index contributed by atoms with van der Waals surface area (Å²) in [4.78, 5) is 14.1. The molecule has 5 nitrogen and oxygen atoms in total. The summed E-state index contributed by atoms with van der Waals surface area (Å²) in [5.74, 6) is -0.197. The van der Waals surface area contributed by atoms with E-state index in [2.05, 4.69) is 5.32 Å². The van der Waals surface area contributed by atoms with Gasteiger partial charge in [-0.1, -0.05) is 36.4 Å². The Labute approximate surface area is 204 Å². The molecule has 35 heavy (non-hydrogen) atoms. The Balaban J connectivity index is 1.95. The van der Waals surface area contributed by atoms with Crippen LogP contribution in [-0.2, 0) is 10.2 Å². The van der Waals surface area contributed by atoms with Gasteiger partial charge < -0.3 is 20.6 Å². The summed E-state index contributed by atoms with van der Waals surface area (Å²) in [5.41, 5.74) is 5.62. The molecule has 1 aliphatic heterocycles. The summed E-state index contributed by atoms with van der Waals surface area (Å²) >= 11 is 0. The molecule has 4 aromatic rings. The molecule has 0 fully saturated rings. The first-order valence-electron chi connectivity index (χ1n) is 11.5. The number of carbonyl (C=O) groups excluding carboxylic acids is 1. The normalized spacial score (nSPS) is 16.7. The predicted molar refractivity (Wildman–Crippen MR) is 137 cm³/mol. The zero-order chi connectivity index (χ0) is 25.1. The Morgan fingerprint density at radius 3 is 2.06 bits per heavy atom. The van der Waals surface area contributed by atoms with Crippen LogP contribution in [0.4, 0.5) is 5.69 Å². The first-order valence-corrected chi connectivity index (χ1v) is 11.5. The van der Waals surface area contributed by atoms with Gasteiger partial charge in [0, 0.05) is 22.4 Å². The SMILES string of the molecule is Cc1cc(-c2c(C)cccc2[C@]2(c3ccc(O)c(C)c3O)C(=O)Nc3ccccc32)cc(C)c1O. The number of aromatic hydroxyl groups is 3. The van der Waals surface area contributed by atoms with E-state index in [1.54, 1.807) is 13.0 Å². The van der Waals surface area contributed by atoms with Gasteiger partial charge in [-0.05, 0) is 91.4 Å². The molecule has 1 amide bonds. The summed E-state index contributed by atoms with van der Waals surface area (Å²) in [7, 11) is 0. The van der Waals surface area contributed by atoms with E-state index in [0.29, 0.717) is 22.4 Å². The van der Waals surface area contributed by atoms with Gasteiger partial charge in [-0.3, -0.25) is 4.79 Å². The number of amides is 1. The van der Waals surface area contributed by atoms with Crippen LogP contribution in [0, 0.1) is 27.7 Å². The van der Waals surface area contributed by atoms with Crippen LogP contribution in [0.15, 0.2) is 66.7 Å². The average molecular weight is 466 g/mol. The van der Waals surface area contributed by atoms with Crippen molar-refractivity contribution in [2.45, 2.75) is 33.1 Å². The van der Waals surface area contributed by atoms with E-state index in [0.717, 1.165) is 33.4 Å². The van der Waals surface area contributed by atoms with E-state index >= 15 is 0 Å². The molecule has 1 atom stereocenters. The number of rotatable bonds is 3. The lowest BCUT2D eigenvalue weighted by molar-refractivity contribution is -0.118. The summed E-state index contributed by atoms with van der Waals surface area (Å²) in [6.45, 7) is 7.33. The molecule has 5 heteroatoms. The highest BCUT2D eigenvalue weighted by atomic mass is 16.3. The number of benzene rings is 4. The van der Waals surface area contributed by atoms with E-state index in [4.69, 9.17) is 0 Å². The van der Waals surface area contributed by atoms with Crippen LogP contribution < -0.4 is 5.32 Å². The molecule has 0 aliphatic carbocycles. The van der Waals surface area contributed by atoms with Crippen LogP contribution in [0.1, 0.15) is 38.9 Å². The van der Waals surface area contributed by atoms with Crippen LogP contribution in [-0.4, -0.2) is 21.2 Å². The number of para-hydroxylation sites is 1. The Bertz CT molecular complexity index is 1500. The maximum absolute atomic E-state index is 14.1. The van der Waals surface area contributed by atoms with E-state index in [-0.39, 0.29) is 23.2 Å². The number of aryl methyl sites for hydroxylation is 3. The molecule has 0 radical (unpaired) electrons.